The van der Waals surface area contributed by atoms with Crippen LogP contribution in [0.5, 0.6) is 5.75 Å². The molecule has 2 amide bonds. The largest absolute Gasteiger partial charge is 0.496 e. The molecule has 0 aromatic heterocycles. The predicted octanol–water partition coefficient (Wildman–Crippen LogP) is 3.80. The number of nitrogens with one attached hydrogen (secondary N) is 2. The molecule has 0 spiro atoms. The van der Waals surface area contributed by atoms with E-state index in [-0.39, 0.29) is 11.8 Å². The Bertz CT molecular complexity index is 788. The van der Waals surface area contributed by atoms with E-state index in [2.05, 4.69) is 10.6 Å². The molecule has 0 fully saturated rings. The quantitative estimate of drug-likeness (QED) is 0.724. The van der Waals surface area contributed by atoms with E-state index in [9.17, 15) is 9.59 Å². The third-order valence-electron chi connectivity index (χ3n) is 4.07. The van der Waals surface area contributed by atoms with Gasteiger partial charge in [0.05, 0.1) is 12.7 Å². The molecule has 0 aliphatic rings. The number of thioether (sulfide) groups is 1. The minimum absolute atomic E-state index is 0.225. The number of anilines is 1. The molecule has 2 aromatic rings. The van der Waals surface area contributed by atoms with Crippen LogP contribution in [0.25, 0.3) is 0 Å². The average Bonchev–Trinajstić information content (AvgIpc) is 2.63. The van der Waals surface area contributed by atoms with Crippen LogP contribution in [0.15, 0.2) is 42.5 Å². The summed E-state index contributed by atoms with van der Waals surface area (Å²) < 4.78 is 5.25. The molecule has 0 saturated carbocycles. The highest BCUT2D eigenvalue weighted by Gasteiger charge is 2.23. The lowest BCUT2D eigenvalue weighted by molar-refractivity contribution is -0.118. The third kappa shape index (κ3) is 6.03. The number of carbonyl (C=O) groups is 2. The van der Waals surface area contributed by atoms with Crippen LogP contribution in [-0.2, 0) is 4.79 Å². The molecule has 27 heavy (non-hydrogen) atoms. The zero-order valence-corrected chi connectivity index (χ0v) is 17.0. The maximum Gasteiger partial charge on any atom is 0.255 e. The highest BCUT2D eigenvalue weighted by atomic mass is 32.2. The molecule has 0 saturated heterocycles. The number of amides is 2. The van der Waals surface area contributed by atoms with Crippen molar-refractivity contribution in [3.63, 3.8) is 0 Å². The molecule has 144 valence electrons. The number of ether oxygens (including phenoxy) is 1. The molecule has 2 aromatic carbocycles. The van der Waals surface area contributed by atoms with Gasteiger partial charge in [0.15, 0.2) is 0 Å². The number of carbonyl (C=O) groups excluding carboxylic acids is 2. The number of para-hydroxylation sites is 1. The van der Waals surface area contributed by atoms with Crippen LogP contribution in [0.4, 0.5) is 5.69 Å². The van der Waals surface area contributed by atoms with E-state index in [0.717, 1.165) is 22.6 Å². The number of methoxy groups -OCH3 is 1. The molecular weight excluding hydrogens is 360 g/mol. The molecule has 2 rings (SSSR count). The summed E-state index contributed by atoms with van der Waals surface area (Å²) in [6, 6.07) is 12.2. The van der Waals surface area contributed by atoms with E-state index in [1.165, 1.54) is 7.11 Å². The van der Waals surface area contributed by atoms with E-state index >= 15 is 0 Å². The molecule has 0 aliphatic carbocycles. The normalized spacial score (nSPS) is 11.6. The zero-order valence-electron chi connectivity index (χ0n) is 16.2. The molecule has 5 nitrogen and oxygen atoms in total. The SMILES string of the molecule is COc1ccccc1C(=O)N[C@@H](CCSC)C(=O)Nc1cc(C)cc(C)c1. The topological polar surface area (TPSA) is 67.4 Å². The molecule has 0 unspecified atom stereocenters. The Labute approximate surface area is 164 Å². The summed E-state index contributed by atoms with van der Waals surface area (Å²) in [7, 11) is 1.52. The molecule has 0 aliphatic heterocycles. The second-order valence-corrected chi connectivity index (χ2v) is 7.36. The van der Waals surface area contributed by atoms with Crippen LogP contribution in [0, 0.1) is 13.8 Å². The Balaban J connectivity index is 2.15. The van der Waals surface area contributed by atoms with Gasteiger partial charge in [-0.3, -0.25) is 9.59 Å². The summed E-state index contributed by atoms with van der Waals surface area (Å²) in [5, 5.41) is 5.77. The minimum atomic E-state index is -0.629. The van der Waals surface area contributed by atoms with Crippen molar-refractivity contribution >= 4 is 29.3 Å². The predicted molar refractivity (Wildman–Crippen MR) is 112 cm³/mol. The van der Waals surface area contributed by atoms with Gasteiger partial charge in [-0.15, -0.1) is 0 Å². The van der Waals surface area contributed by atoms with Crippen molar-refractivity contribution in [1.29, 1.82) is 0 Å². The fourth-order valence-corrected chi connectivity index (χ4v) is 3.32. The van der Waals surface area contributed by atoms with Gasteiger partial charge in [-0.2, -0.15) is 11.8 Å². The highest BCUT2D eigenvalue weighted by molar-refractivity contribution is 7.98. The third-order valence-corrected chi connectivity index (χ3v) is 4.72. The molecule has 0 heterocycles. The number of hydrogen-bond acceptors (Lipinski definition) is 4. The first kappa shape index (κ1) is 20.8. The van der Waals surface area contributed by atoms with Crippen LogP contribution in [0.3, 0.4) is 0 Å². The molecule has 6 heteroatoms. The smallest absolute Gasteiger partial charge is 0.255 e. The van der Waals surface area contributed by atoms with E-state index in [1.54, 1.807) is 36.0 Å². The summed E-state index contributed by atoms with van der Waals surface area (Å²) in [6.07, 6.45) is 2.51. The van der Waals surface area contributed by atoms with E-state index < -0.39 is 6.04 Å². The van der Waals surface area contributed by atoms with Gasteiger partial charge in [0.1, 0.15) is 11.8 Å². The lowest BCUT2D eigenvalue weighted by Gasteiger charge is -2.19. The summed E-state index contributed by atoms with van der Waals surface area (Å²) in [5.74, 6) is 0.691. The van der Waals surface area contributed by atoms with Crippen molar-refractivity contribution in [2.75, 3.05) is 24.4 Å². The number of benzene rings is 2. The molecule has 2 N–H and O–H groups in total. The van der Waals surface area contributed by atoms with Gasteiger partial charge in [0.2, 0.25) is 5.91 Å². The van der Waals surface area contributed by atoms with Crippen LogP contribution in [0.1, 0.15) is 27.9 Å². The van der Waals surface area contributed by atoms with Gasteiger partial charge in [-0.05, 0) is 67.7 Å². The van der Waals surface area contributed by atoms with Crippen molar-refractivity contribution in [1.82, 2.24) is 5.32 Å². The van der Waals surface area contributed by atoms with Crippen molar-refractivity contribution in [2.45, 2.75) is 26.3 Å². The van der Waals surface area contributed by atoms with E-state index in [1.807, 2.05) is 38.3 Å². The van der Waals surface area contributed by atoms with Gasteiger partial charge < -0.3 is 15.4 Å². The Morgan fingerprint density at radius 2 is 1.78 bits per heavy atom. The summed E-state index contributed by atoms with van der Waals surface area (Å²) in [5.41, 5.74) is 3.29. The lowest BCUT2D eigenvalue weighted by atomic mass is 10.1. The Hall–Kier alpha value is -2.47. The lowest BCUT2D eigenvalue weighted by Crippen LogP contribution is -2.44. The van der Waals surface area contributed by atoms with Crippen molar-refractivity contribution < 1.29 is 14.3 Å². The van der Waals surface area contributed by atoms with E-state index in [4.69, 9.17) is 4.74 Å². The fourth-order valence-electron chi connectivity index (χ4n) is 2.85. The average molecular weight is 387 g/mol. The minimum Gasteiger partial charge on any atom is -0.496 e. The van der Waals surface area contributed by atoms with Crippen LogP contribution in [-0.4, -0.2) is 37.0 Å². The number of aryl methyl sites for hydroxylation is 2. The second-order valence-electron chi connectivity index (χ2n) is 6.37. The first-order chi connectivity index (χ1) is 12.9. The van der Waals surface area contributed by atoms with Crippen LogP contribution in [0.2, 0.25) is 0 Å². The monoisotopic (exact) mass is 386 g/mol. The van der Waals surface area contributed by atoms with Crippen LogP contribution >= 0.6 is 11.8 Å². The Morgan fingerprint density at radius 1 is 1.11 bits per heavy atom. The van der Waals surface area contributed by atoms with Gasteiger partial charge in [-0.25, -0.2) is 0 Å². The number of hydrogen-bond donors (Lipinski definition) is 2. The second kappa shape index (κ2) is 10.0. The maximum atomic E-state index is 12.8. The van der Waals surface area contributed by atoms with Crippen molar-refractivity contribution in [2.24, 2.45) is 0 Å². The van der Waals surface area contributed by atoms with Crippen LogP contribution < -0.4 is 15.4 Å². The summed E-state index contributed by atoms with van der Waals surface area (Å²) in [6.45, 7) is 3.97. The standard InChI is InChI=1S/C21H26N2O3S/c1-14-11-15(2)13-16(12-14)22-21(25)18(9-10-27-4)23-20(24)17-7-5-6-8-19(17)26-3/h5-8,11-13,18H,9-10H2,1-4H3,(H,22,25)(H,23,24)/t18-/m0/s1. The van der Waals surface area contributed by atoms with Gasteiger partial charge in [0, 0.05) is 5.69 Å². The highest BCUT2D eigenvalue weighted by Crippen LogP contribution is 2.18. The molecule has 1 atom stereocenters. The Morgan fingerprint density at radius 3 is 2.41 bits per heavy atom. The molecule has 0 bridgehead atoms. The molecule has 0 radical (unpaired) electrons. The van der Waals surface area contributed by atoms with E-state index in [0.29, 0.717) is 17.7 Å². The van der Waals surface area contributed by atoms with Crippen molar-refractivity contribution in [3.8, 4) is 5.75 Å². The first-order valence-electron chi connectivity index (χ1n) is 8.76. The summed E-state index contributed by atoms with van der Waals surface area (Å²) >= 11 is 1.63. The molecular formula is C21H26N2O3S. The van der Waals surface area contributed by atoms with Gasteiger partial charge >= 0.3 is 0 Å². The fraction of sp³-hybridized carbons (Fsp3) is 0.333. The summed E-state index contributed by atoms with van der Waals surface area (Å²) in [4.78, 5) is 25.5. The zero-order chi connectivity index (χ0) is 19.8. The Kier molecular flexibility index (Phi) is 7.73. The van der Waals surface area contributed by atoms with Crippen molar-refractivity contribution in [3.05, 3.63) is 59.2 Å². The maximum absolute atomic E-state index is 12.8. The number of rotatable bonds is 8. The van der Waals surface area contributed by atoms with Gasteiger partial charge in [-0.1, -0.05) is 18.2 Å². The van der Waals surface area contributed by atoms with Gasteiger partial charge in [0.25, 0.3) is 5.91 Å². The first-order valence-corrected chi connectivity index (χ1v) is 10.2.